The molecule has 0 aliphatic carbocycles. The molecule has 2 aliphatic rings. The van der Waals surface area contributed by atoms with E-state index in [1.807, 2.05) is 0 Å². The van der Waals surface area contributed by atoms with E-state index in [0.29, 0.717) is 24.2 Å². The first-order valence-corrected chi connectivity index (χ1v) is 7.78. The van der Waals surface area contributed by atoms with Crippen LogP contribution < -0.4 is 5.73 Å². The van der Waals surface area contributed by atoms with Gasteiger partial charge in [0, 0.05) is 43.3 Å². The van der Waals surface area contributed by atoms with Crippen molar-refractivity contribution >= 4 is 0 Å². The maximum Gasteiger partial charge on any atom is 0.130 e. The minimum Gasteiger partial charge on any atom is -0.328 e. The first-order chi connectivity index (χ1) is 10.1. The number of piperidine rings is 1. The Balaban J connectivity index is 1.55. The van der Waals surface area contributed by atoms with E-state index in [-0.39, 0.29) is 0 Å². The van der Waals surface area contributed by atoms with E-state index in [2.05, 4.69) is 9.80 Å². The standard InChI is InChI=1S/C16H23F2N3/c17-13-2-1-12(16(18)9-13)10-20-6-5-15(11-20)21-7-3-14(19)4-8-21/h1-2,9,14-15H,3-8,10-11,19H2. The van der Waals surface area contributed by atoms with Gasteiger partial charge in [-0.2, -0.15) is 0 Å². The van der Waals surface area contributed by atoms with Crippen molar-refractivity contribution in [3.8, 4) is 0 Å². The molecule has 5 heteroatoms. The molecule has 2 aliphatic heterocycles. The Kier molecular flexibility index (Phi) is 4.52. The zero-order valence-electron chi connectivity index (χ0n) is 12.3. The third-order valence-electron chi connectivity index (χ3n) is 4.75. The number of halogens is 2. The van der Waals surface area contributed by atoms with E-state index in [1.54, 1.807) is 6.07 Å². The molecule has 2 heterocycles. The molecule has 0 saturated carbocycles. The van der Waals surface area contributed by atoms with Gasteiger partial charge in [0.25, 0.3) is 0 Å². The second kappa shape index (κ2) is 6.38. The summed E-state index contributed by atoms with van der Waals surface area (Å²) in [6.07, 6.45) is 3.27. The fourth-order valence-electron chi connectivity index (χ4n) is 3.43. The van der Waals surface area contributed by atoms with Crippen LogP contribution in [0.1, 0.15) is 24.8 Å². The molecule has 0 radical (unpaired) electrons. The Morgan fingerprint density at radius 1 is 1.10 bits per heavy atom. The molecule has 0 bridgehead atoms. The van der Waals surface area contributed by atoms with Crippen LogP contribution in [0.3, 0.4) is 0 Å². The Hall–Kier alpha value is -1.04. The maximum absolute atomic E-state index is 13.7. The summed E-state index contributed by atoms with van der Waals surface area (Å²) in [4.78, 5) is 4.78. The van der Waals surface area contributed by atoms with Gasteiger partial charge in [0.1, 0.15) is 11.6 Å². The van der Waals surface area contributed by atoms with Crippen LogP contribution in [0, 0.1) is 11.6 Å². The maximum atomic E-state index is 13.7. The van der Waals surface area contributed by atoms with Crippen LogP contribution in [0.2, 0.25) is 0 Å². The summed E-state index contributed by atoms with van der Waals surface area (Å²) < 4.78 is 26.6. The average molecular weight is 295 g/mol. The molecule has 1 aromatic rings. The molecule has 2 N–H and O–H groups in total. The van der Waals surface area contributed by atoms with E-state index in [1.165, 1.54) is 6.07 Å². The summed E-state index contributed by atoms with van der Waals surface area (Å²) in [5.74, 6) is -0.956. The third-order valence-corrected chi connectivity index (χ3v) is 4.75. The van der Waals surface area contributed by atoms with Crippen molar-refractivity contribution in [2.24, 2.45) is 5.73 Å². The van der Waals surface area contributed by atoms with E-state index < -0.39 is 11.6 Å². The summed E-state index contributed by atoms with van der Waals surface area (Å²) >= 11 is 0. The summed E-state index contributed by atoms with van der Waals surface area (Å²) in [7, 11) is 0. The lowest BCUT2D eigenvalue weighted by molar-refractivity contribution is 0.151. The summed E-state index contributed by atoms with van der Waals surface area (Å²) in [5.41, 5.74) is 6.53. The molecule has 0 amide bonds. The Labute approximate surface area is 124 Å². The minimum absolute atomic E-state index is 0.354. The molecular formula is C16H23F2N3. The van der Waals surface area contributed by atoms with E-state index in [4.69, 9.17) is 5.73 Å². The second-order valence-electron chi connectivity index (χ2n) is 6.29. The smallest absolute Gasteiger partial charge is 0.130 e. The Morgan fingerprint density at radius 2 is 1.86 bits per heavy atom. The molecule has 0 aromatic heterocycles. The van der Waals surface area contributed by atoms with Crippen molar-refractivity contribution in [2.75, 3.05) is 26.2 Å². The summed E-state index contributed by atoms with van der Waals surface area (Å²) in [5, 5.41) is 0. The lowest BCUT2D eigenvalue weighted by atomic mass is 10.0. The van der Waals surface area contributed by atoms with Gasteiger partial charge >= 0.3 is 0 Å². The predicted octanol–water partition coefficient (Wildman–Crippen LogP) is 1.96. The Bertz CT molecular complexity index is 486. The number of hydrogen-bond acceptors (Lipinski definition) is 3. The van der Waals surface area contributed by atoms with Crippen LogP contribution in [0.4, 0.5) is 8.78 Å². The van der Waals surface area contributed by atoms with E-state index in [9.17, 15) is 8.78 Å². The van der Waals surface area contributed by atoms with Crippen LogP contribution >= 0.6 is 0 Å². The van der Waals surface area contributed by atoms with Gasteiger partial charge < -0.3 is 5.73 Å². The van der Waals surface area contributed by atoms with Crippen molar-refractivity contribution in [3.05, 3.63) is 35.4 Å². The molecule has 2 fully saturated rings. The highest BCUT2D eigenvalue weighted by Gasteiger charge is 2.29. The van der Waals surface area contributed by atoms with Crippen molar-refractivity contribution in [2.45, 2.75) is 37.9 Å². The molecule has 116 valence electrons. The van der Waals surface area contributed by atoms with Crippen LogP contribution in [0.25, 0.3) is 0 Å². The number of nitrogens with zero attached hydrogens (tertiary/aromatic N) is 2. The quantitative estimate of drug-likeness (QED) is 0.925. The molecule has 1 atom stereocenters. The molecule has 1 unspecified atom stereocenters. The predicted molar refractivity (Wildman–Crippen MR) is 78.8 cm³/mol. The van der Waals surface area contributed by atoms with Gasteiger partial charge in [-0.25, -0.2) is 8.78 Å². The molecule has 21 heavy (non-hydrogen) atoms. The van der Waals surface area contributed by atoms with Crippen molar-refractivity contribution in [1.82, 2.24) is 9.80 Å². The first-order valence-electron chi connectivity index (χ1n) is 7.78. The highest BCUT2D eigenvalue weighted by molar-refractivity contribution is 5.18. The zero-order chi connectivity index (χ0) is 14.8. The van der Waals surface area contributed by atoms with Crippen LogP contribution in [0.15, 0.2) is 18.2 Å². The van der Waals surface area contributed by atoms with Crippen LogP contribution in [-0.4, -0.2) is 48.1 Å². The summed E-state index contributed by atoms with van der Waals surface area (Å²) in [6.45, 7) is 4.65. The van der Waals surface area contributed by atoms with Crippen LogP contribution in [-0.2, 0) is 6.54 Å². The molecular weight excluding hydrogens is 272 g/mol. The number of hydrogen-bond donors (Lipinski definition) is 1. The van der Waals surface area contributed by atoms with Gasteiger partial charge in [0.2, 0.25) is 0 Å². The van der Waals surface area contributed by atoms with E-state index in [0.717, 1.165) is 51.5 Å². The van der Waals surface area contributed by atoms with Gasteiger partial charge in [-0.15, -0.1) is 0 Å². The number of nitrogens with two attached hydrogens (primary N) is 1. The van der Waals surface area contributed by atoms with Gasteiger partial charge in [-0.1, -0.05) is 6.07 Å². The van der Waals surface area contributed by atoms with E-state index >= 15 is 0 Å². The second-order valence-corrected chi connectivity index (χ2v) is 6.29. The molecule has 1 aromatic carbocycles. The monoisotopic (exact) mass is 295 g/mol. The average Bonchev–Trinajstić information content (AvgIpc) is 2.91. The van der Waals surface area contributed by atoms with Crippen molar-refractivity contribution in [3.63, 3.8) is 0 Å². The highest BCUT2D eigenvalue weighted by Crippen LogP contribution is 2.22. The van der Waals surface area contributed by atoms with Gasteiger partial charge in [-0.3, -0.25) is 9.80 Å². The Morgan fingerprint density at radius 3 is 2.57 bits per heavy atom. The lowest BCUT2D eigenvalue weighted by Crippen LogP contribution is -2.46. The molecule has 2 saturated heterocycles. The van der Waals surface area contributed by atoms with Crippen molar-refractivity contribution in [1.29, 1.82) is 0 Å². The minimum atomic E-state index is -0.514. The van der Waals surface area contributed by atoms with Gasteiger partial charge in [0.15, 0.2) is 0 Å². The van der Waals surface area contributed by atoms with Crippen LogP contribution in [0.5, 0.6) is 0 Å². The number of likely N-dealkylation sites (tertiary alicyclic amines) is 2. The fourth-order valence-corrected chi connectivity index (χ4v) is 3.43. The van der Waals surface area contributed by atoms with Crippen molar-refractivity contribution < 1.29 is 8.78 Å². The van der Waals surface area contributed by atoms with Gasteiger partial charge in [0.05, 0.1) is 0 Å². The SMILES string of the molecule is NC1CCN(C2CCN(Cc3ccc(F)cc3F)C2)CC1. The zero-order valence-corrected chi connectivity index (χ0v) is 12.3. The molecule has 0 spiro atoms. The molecule has 3 rings (SSSR count). The number of rotatable bonds is 3. The topological polar surface area (TPSA) is 32.5 Å². The number of benzene rings is 1. The normalized spacial score (nSPS) is 25.6. The highest BCUT2D eigenvalue weighted by atomic mass is 19.1. The first kappa shape index (κ1) is 14.9. The largest absolute Gasteiger partial charge is 0.328 e. The third kappa shape index (κ3) is 3.59. The lowest BCUT2D eigenvalue weighted by Gasteiger charge is -2.34. The fraction of sp³-hybridized carbons (Fsp3) is 0.625. The molecule has 3 nitrogen and oxygen atoms in total. The summed E-state index contributed by atoms with van der Waals surface area (Å²) in [6, 6.07) is 4.76. The van der Waals surface area contributed by atoms with Gasteiger partial charge in [-0.05, 0) is 38.4 Å².